The zero-order chi connectivity index (χ0) is 19.5. The Morgan fingerprint density at radius 3 is 2.68 bits per heavy atom. The Morgan fingerprint density at radius 2 is 2.04 bits per heavy atom. The van der Waals surface area contributed by atoms with Gasteiger partial charge in [-0.05, 0) is 18.2 Å². The number of pyridine rings is 1. The van der Waals surface area contributed by atoms with Crippen molar-refractivity contribution in [2.75, 3.05) is 5.73 Å². The van der Waals surface area contributed by atoms with Gasteiger partial charge in [-0.25, -0.2) is 14.8 Å². The molecule has 0 saturated heterocycles. The fourth-order valence-electron chi connectivity index (χ4n) is 2.72. The molecule has 3 N–H and O–H groups in total. The molecule has 4 aromatic rings. The number of thiazole rings is 1. The van der Waals surface area contributed by atoms with Gasteiger partial charge in [0, 0.05) is 22.7 Å². The maximum atomic E-state index is 11.8. The number of carbonyl (C=O) groups is 1. The second-order valence-corrected chi connectivity index (χ2v) is 6.73. The number of benzene rings is 1. The molecule has 0 bridgehead atoms. The van der Waals surface area contributed by atoms with Crippen LogP contribution in [0.2, 0.25) is 0 Å². The number of nitrogens with two attached hydrogens (primary N) is 1. The van der Waals surface area contributed by atoms with Crippen molar-refractivity contribution in [1.82, 2.24) is 9.97 Å². The molecule has 8 heteroatoms. The van der Waals surface area contributed by atoms with Gasteiger partial charge in [0.25, 0.3) is 0 Å². The van der Waals surface area contributed by atoms with Crippen LogP contribution in [0, 0.1) is 0 Å². The summed E-state index contributed by atoms with van der Waals surface area (Å²) < 4.78 is 11.2. The highest BCUT2D eigenvalue weighted by molar-refractivity contribution is 7.13. The molecule has 0 amide bonds. The molecule has 3 aromatic heterocycles. The minimum atomic E-state index is -1.26. The third-order valence-electron chi connectivity index (χ3n) is 4.02. The third-order valence-corrected chi connectivity index (χ3v) is 4.81. The summed E-state index contributed by atoms with van der Waals surface area (Å²) in [6.45, 7) is 0. The Morgan fingerprint density at radius 1 is 1.21 bits per heavy atom. The zero-order valence-electron chi connectivity index (χ0n) is 14.5. The van der Waals surface area contributed by atoms with Crippen molar-refractivity contribution in [3.8, 4) is 27.9 Å². The van der Waals surface area contributed by atoms with Crippen LogP contribution in [0.3, 0.4) is 0 Å². The SMILES string of the molecule is Nc1c(-c2ccco2)cc(-c2nccs2)nc1OC(C(=O)O)c1ccccc1. The van der Waals surface area contributed by atoms with Crippen LogP contribution in [0.25, 0.3) is 22.0 Å². The van der Waals surface area contributed by atoms with Gasteiger partial charge >= 0.3 is 5.97 Å². The molecule has 7 nitrogen and oxygen atoms in total. The van der Waals surface area contributed by atoms with Gasteiger partial charge in [-0.1, -0.05) is 30.3 Å². The van der Waals surface area contributed by atoms with E-state index in [2.05, 4.69) is 9.97 Å². The molecular formula is C20H15N3O4S. The van der Waals surface area contributed by atoms with E-state index in [4.69, 9.17) is 14.9 Å². The van der Waals surface area contributed by atoms with Crippen LogP contribution in [0.5, 0.6) is 5.88 Å². The van der Waals surface area contributed by atoms with Gasteiger partial charge in [0.1, 0.15) is 22.1 Å². The van der Waals surface area contributed by atoms with Crippen molar-refractivity contribution >= 4 is 23.0 Å². The minimum Gasteiger partial charge on any atom is -0.478 e. The van der Waals surface area contributed by atoms with E-state index in [1.807, 2.05) is 5.38 Å². The van der Waals surface area contributed by atoms with Crippen LogP contribution >= 0.6 is 11.3 Å². The number of hydrogen-bond acceptors (Lipinski definition) is 7. The van der Waals surface area contributed by atoms with Crippen LogP contribution in [-0.4, -0.2) is 21.0 Å². The molecule has 0 fully saturated rings. The van der Waals surface area contributed by atoms with Gasteiger partial charge in [0.05, 0.1) is 6.26 Å². The van der Waals surface area contributed by atoms with E-state index in [1.54, 1.807) is 54.7 Å². The highest BCUT2D eigenvalue weighted by Crippen LogP contribution is 2.38. The summed E-state index contributed by atoms with van der Waals surface area (Å²) in [4.78, 5) is 20.5. The number of nitrogen functional groups attached to an aromatic ring is 1. The number of rotatable bonds is 6. The van der Waals surface area contributed by atoms with Crippen molar-refractivity contribution in [3.05, 3.63) is 71.9 Å². The van der Waals surface area contributed by atoms with Crippen LogP contribution in [0.15, 0.2) is 70.8 Å². The molecule has 0 aliphatic heterocycles. The Bertz CT molecular complexity index is 1080. The fourth-order valence-corrected chi connectivity index (χ4v) is 3.31. The number of nitrogens with zero attached hydrogens (tertiary/aromatic N) is 2. The van der Waals surface area contributed by atoms with Gasteiger partial charge in [0.15, 0.2) is 0 Å². The predicted molar refractivity (Wildman–Crippen MR) is 105 cm³/mol. The van der Waals surface area contributed by atoms with Crippen LogP contribution in [0.4, 0.5) is 5.69 Å². The number of anilines is 1. The van der Waals surface area contributed by atoms with Crippen LogP contribution < -0.4 is 10.5 Å². The summed E-state index contributed by atoms with van der Waals surface area (Å²) in [7, 11) is 0. The Labute approximate surface area is 164 Å². The zero-order valence-corrected chi connectivity index (χ0v) is 15.3. The van der Waals surface area contributed by atoms with E-state index in [0.717, 1.165) is 0 Å². The van der Waals surface area contributed by atoms with Gasteiger partial charge in [-0.2, -0.15) is 0 Å². The number of hydrogen-bond donors (Lipinski definition) is 2. The van der Waals surface area contributed by atoms with E-state index >= 15 is 0 Å². The maximum Gasteiger partial charge on any atom is 0.349 e. The van der Waals surface area contributed by atoms with E-state index in [1.165, 1.54) is 17.6 Å². The van der Waals surface area contributed by atoms with Crippen molar-refractivity contribution in [3.63, 3.8) is 0 Å². The van der Waals surface area contributed by atoms with Gasteiger partial charge in [0.2, 0.25) is 12.0 Å². The number of furan rings is 1. The average molecular weight is 393 g/mol. The van der Waals surface area contributed by atoms with Crippen LogP contribution in [0.1, 0.15) is 11.7 Å². The number of ether oxygens (including phenoxy) is 1. The first kappa shape index (κ1) is 17.7. The van der Waals surface area contributed by atoms with Crippen molar-refractivity contribution in [2.24, 2.45) is 0 Å². The fraction of sp³-hybridized carbons (Fsp3) is 0.0500. The molecule has 28 heavy (non-hydrogen) atoms. The van der Waals surface area contributed by atoms with E-state index in [9.17, 15) is 9.90 Å². The van der Waals surface area contributed by atoms with E-state index < -0.39 is 12.1 Å². The first-order valence-electron chi connectivity index (χ1n) is 8.32. The van der Waals surface area contributed by atoms with Crippen molar-refractivity contribution in [2.45, 2.75) is 6.10 Å². The Kier molecular flexibility index (Phi) is 4.77. The third kappa shape index (κ3) is 3.45. The summed E-state index contributed by atoms with van der Waals surface area (Å²) in [5.74, 6) is -0.615. The summed E-state index contributed by atoms with van der Waals surface area (Å²) in [5, 5.41) is 12.1. The summed E-state index contributed by atoms with van der Waals surface area (Å²) in [5.41, 5.74) is 8.01. The van der Waals surface area contributed by atoms with Crippen molar-refractivity contribution < 1.29 is 19.1 Å². The Hall–Kier alpha value is -3.65. The quantitative estimate of drug-likeness (QED) is 0.503. The molecule has 140 valence electrons. The molecule has 0 saturated carbocycles. The summed E-state index contributed by atoms with van der Waals surface area (Å²) in [6.07, 6.45) is 1.94. The molecule has 1 unspecified atom stereocenters. The summed E-state index contributed by atoms with van der Waals surface area (Å²) >= 11 is 1.40. The second-order valence-electron chi connectivity index (χ2n) is 5.84. The lowest BCUT2D eigenvalue weighted by molar-refractivity contribution is -0.145. The predicted octanol–water partition coefficient (Wildman–Crippen LogP) is 4.25. The van der Waals surface area contributed by atoms with Gasteiger partial charge in [-0.3, -0.25) is 0 Å². The minimum absolute atomic E-state index is 0.00959. The van der Waals surface area contributed by atoms with Gasteiger partial charge < -0.3 is 20.0 Å². The highest BCUT2D eigenvalue weighted by Gasteiger charge is 2.25. The molecule has 0 spiro atoms. The van der Waals surface area contributed by atoms with Crippen LogP contribution in [-0.2, 0) is 4.79 Å². The molecule has 0 aliphatic carbocycles. The maximum absolute atomic E-state index is 11.8. The molecule has 0 aliphatic rings. The number of carboxylic acids is 1. The highest BCUT2D eigenvalue weighted by atomic mass is 32.1. The molecule has 4 rings (SSSR count). The first-order valence-corrected chi connectivity index (χ1v) is 9.20. The molecular weight excluding hydrogens is 378 g/mol. The first-order chi connectivity index (χ1) is 13.6. The monoisotopic (exact) mass is 393 g/mol. The number of carboxylic acid groups (broad SMARTS) is 1. The molecule has 3 heterocycles. The van der Waals surface area contributed by atoms with E-state index in [0.29, 0.717) is 27.6 Å². The number of aliphatic carboxylic acids is 1. The van der Waals surface area contributed by atoms with E-state index in [-0.39, 0.29) is 11.6 Å². The Balaban J connectivity index is 1.82. The molecule has 1 aromatic carbocycles. The lowest BCUT2D eigenvalue weighted by Gasteiger charge is -2.17. The molecule has 1 atom stereocenters. The van der Waals surface area contributed by atoms with Gasteiger partial charge in [-0.15, -0.1) is 11.3 Å². The smallest absolute Gasteiger partial charge is 0.349 e. The average Bonchev–Trinajstić information content (AvgIpc) is 3.41. The lowest BCUT2D eigenvalue weighted by Crippen LogP contribution is -2.19. The standard InChI is InChI=1S/C20H15N3O4S/c21-16-13(15-7-4-9-26-15)11-14(19-22-8-10-28-19)23-18(16)27-17(20(24)25)12-5-2-1-3-6-12/h1-11,17H,21H2,(H,24,25). The largest absolute Gasteiger partial charge is 0.478 e. The normalized spacial score (nSPS) is 11.9. The summed E-state index contributed by atoms with van der Waals surface area (Å²) in [6, 6.07) is 13.9. The topological polar surface area (TPSA) is 111 Å². The molecule has 0 radical (unpaired) electrons. The number of aromatic nitrogens is 2. The second kappa shape index (κ2) is 7.53. The van der Waals surface area contributed by atoms with Crippen molar-refractivity contribution in [1.29, 1.82) is 0 Å². The lowest BCUT2D eigenvalue weighted by atomic mass is 10.1.